The van der Waals surface area contributed by atoms with Crippen LogP contribution in [-0.4, -0.2) is 50.7 Å². The second-order valence-electron chi connectivity index (χ2n) is 4.39. The van der Waals surface area contributed by atoms with Crippen LogP contribution in [0.25, 0.3) is 0 Å². The number of piperazine rings is 1. The largest absolute Gasteiger partial charge is 0.381 e. The first-order chi connectivity index (χ1) is 8.86. The minimum Gasteiger partial charge on any atom is -0.381 e. The van der Waals surface area contributed by atoms with Gasteiger partial charge in [0.2, 0.25) is 6.41 Å². The summed E-state index contributed by atoms with van der Waals surface area (Å²) in [6.45, 7) is 3.62. The Labute approximate surface area is 111 Å². The van der Waals surface area contributed by atoms with E-state index in [2.05, 4.69) is 18.2 Å². The van der Waals surface area contributed by atoms with Gasteiger partial charge in [-0.05, 0) is 12.8 Å². The molecule has 18 heavy (non-hydrogen) atoms. The highest BCUT2D eigenvalue weighted by atomic mass is 16.5. The first kappa shape index (κ1) is 16.9. The zero-order valence-electron chi connectivity index (χ0n) is 11.4. The van der Waals surface area contributed by atoms with Gasteiger partial charge in [0.25, 0.3) is 0 Å². The predicted octanol–water partition coefficient (Wildman–Crippen LogP) is 1.26. The Balaban J connectivity index is 0.000000283. The number of methoxy groups -OCH3 is 1. The smallest absolute Gasteiger partial charge is 0.209 e. The Morgan fingerprint density at radius 2 is 1.72 bits per heavy atom. The minimum absolute atomic E-state index is 0.587. The molecule has 4 heteroatoms. The number of terminal acetylenes is 1. The molecule has 1 heterocycles. The van der Waals surface area contributed by atoms with Crippen LogP contribution < -0.4 is 5.32 Å². The van der Waals surface area contributed by atoms with E-state index >= 15 is 0 Å². The van der Waals surface area contributed by atoms with Crippen LogP contribution in [0.4, 0.5) is 0 Å². The summed E-state index contributed by atoms with van der Waals surface area (Å²) in [7, 11) is 1.82. The van der Waals surface area contributed by atoms with E-state index in [0.29, 0.717) is 6.10 Å². The van der Waals surface area contributed by atoms with Crippen LogP contribution in [0.15, 0.2) is 0 Å². The van der Waals surface area contributed by atoms with E-state index in [1.807, 2.05) is 7.11 Å². The molecule has 0 aromatic rings. The summed E-state index contributed by atoms with van der Waals surface area (Å²) >= 11 is 0. The average molecular weight is 254 g/mol. The molecule has 0 aromatic carbocycles. The number of hydrogen-bond donors (Lipinski definition) is 1. The van der Waals surface area contributed by atoms with Crippen molar-refractivity contribution in [3.63, 3.8) is 0 Å². The molecular formula is C14H26N2O2. The number of rotatable bonds is 2. The molecule has 0 aromatic heterocycles. The number of carbonyl (C=O) groups is 1. The van der Waals surface area contributed by atoms with Crippen LogP contribution in [0.2, 0.25) is 0 Å². The summed E-state index contributed by atoms with van der Waals surface area (Å²) in [5.74, 6) is 0. The van der Waals surface area contributed by atoms with Crippen LogP contribution in [0, 0.1) is 12.8 Å². The molecule has 1 saturated carbocycles. The van der Waals surface area contributed by atoms with Crippen molar-refractivity contribution in [3.8, 4) is 12.8 Å². The number of carbonyl (C=O) groups excluding carboxylic acids is 1. The maximum Gasteiger partial charge on any atom is 0.209 e. The van der Waals surface area contributed by atoms with Gasteiger partial charge in [-0.25, -0.2) is 0 Å². The van der Waals surface area contributed by atoms with Crippen LogP contribution in [0.5, 0.6) is 0 Å². The maximum atomic E-state index is 10.1. The second kappa shape index (κ2) is 12.4. The van der Waals surface area contributed by atoms with Gasteiger partial charge in [0.1, 0.15) is 0 Å². The maximum absolute atomic E-state index is 10.1. The molecule has 1 aliphatic carbocycles. The van der Waals surface area contributed by atoms with Gasteiger partial charge < -0.3 is 15.0 Å². The Morgan fingerprint density at radius 1 is 1.17 bits per heavy atom. The first-order valence-corrected chi connectivity index (χ1v) is 6.63. The Hall–Kier alpha value is -1.05. The third kappa shape index (κ3) is 8.10. The van der Waals surface area contributed by atoms with E-state index < -0.39 is 0 Å². The van der Waals surface area contributed by atoms with Crippen molar-refractivity contribution in [1.29, 1.82) is 0 Å². The molecule has 0 spiro atoms. The second-order valence-corrected chi connectivity index (χ2v) is 4.39. The van der Waals surface area contributed by atoms with Gasteiger partial charge in [-0.3, -0.25) is 4.79 Å². The summed E-state index contributed by atoms with van der Waals surface area (Å²) < 4.78 is 5.19. The number of nitrogens with one attached hydrogen (secondary N) is 1. The van der Waals surface area contributed by atoms with E-state index in [1.165, 1.54) is 32.1 Å². The standard InChI is InChI=1S/C7H14O.C5H10N2O.C2H2/c1-8-7-5-3-2-4-6-7;8-5-7-3-1-6-2-4-7;1-2/h7H,2-6H2,1H3;5-6H,1-4H2;1-2H. The number of amides is 1. The molecule has 0 atom stereocenters. The van der Waals surface area contributed by atoms with E-state index in [0.717, 1.165) is 32.6 Å². The molecule has 0 bridgehead atoms. The lowest BCUT2D eigenvalue weighted by molar-refractivity contribution is -0.118. The highest BCUT2D eigenvalue weighted by Crippen LogP contribution is 2.18. The van der Waals surface area contributed by atoms with Crippen LogP contribution in [0.1, 0.15) is 32.1 Å². The summed E-state index contributed by atoms with van der Waals surface area (Å²) in [5, 5.41) is 3.15. The summed E-state index contributed by atoms with van der Waals surface area (Å²) in [4.78, 5) is 11.8. The van der Waals surface area contributed by atoms with Crippen LogP contribution >= 0.6 is 0 Å². The highest BCUT2D eigenvalue weighted by Gasteiger charge is 2.10. The van der Waals surface area contributed by atoms with Gasteiger partial charge in [0.15, 0.2) is 0 Å². The van der Waals surface area contributed by atoms with Gasteiger partial charge in [-0.15, -0.1) is 12.8 Å². The van der Waals surface area contributed by atoms with Gasteiger partial charge >= 0.3 is 0 Å². The van der Waals surface area contributed by atoms with Crippen LogP contribution in [0.3, 0.4) is 0 Å². The molecule has 4 nitrogen and oxygen atoms in total. The molecule has 1 aliphatic heterocycles. The SMILES string of the molecule is C#C.COC1CCCCC1.O=CN1CCNCC1. The normalized spacial score (nSPS) is 19.8. The fraction of sp³-hybridized carbons (Fsp3) is 0.786. The van der Waals surface area contributed by atoms with E-state index in [-0.39, 0.29) is 0 Å². The summed E-state index contributed by atoms with van der Waals surface area (Å²) in [5.41, 5.74) is 0. The first-order valence-electron chi connectivity index (χ1n) is 6.63. The van der Waals surface area contributed by atoms with Gasteiger partial charge in [0.05, 0.1) is 6.10 Å². The monoisotopic (exact) mass is 254 g/mol. The molecule has 1 saturated heterocycles. The van der Waals surface area contributed by atoms with Crippen molar-refractivity contribution in [1.82, 2.24) is 10.2 Å². The van der Waals surface area contributed by atoms with Crippen molar-refractivity contribution in [2.24, 2.45) is 0 Å². The summed E-state index contributed by atoms with van der Waals surface area (Å²) in [6, 6.07) is 0. The molecular weight excluding hydrogens is 228 g/mol. The molecule has 0 radical (unpaired) electrons. The topological polar surface area (TPSA) is 41.6 Å². The number of ether oxygens (including phenoxy) is 1. The third-order valence-corrected chi connectivity index (χ3v) is 3.19. The zero-order chi connectivity index (χ0) is 13.6. The molecule has 1 N–H and O–H groups in total. The van der Waals surface area contributed by atoms with E-state index in [1.54, 1.807) is 4.90 Å². The highest BCUT2D eigenvalue weighted by molar-refractivity contribution is 5.47. The van der Waals surface area contributed by atoms with Crippen molar-refractivity contribution < 1.29 is 9.53 Å². The quantitative estimate of drug-likeness (QED) is 0.596. The fourth-order valence-electron chi connectivity index (χ4n) is 2.09. The zero-order valence-corrected chi connectivity index (χ0v) is 11.4. The fourth-order valence-corrected chi connectivity index (χ4v) is 2.09. The number of nitrogens with zero attached hydrogens (tertiary/aromatic N) is 1. The molecule has 0 unspecified atom stereocenters. The van der Waals surface area contributed by atoms with E-state index in [4.69, 9.17) is 4.74 Å². The van der Waals surface area contributed by atoms with Gasteiger partial charge in [0, 0.05) is 33.3 Å². The molecule has 2 aliphatic rings. The minimum atomic E-state index is 0.587. The molecule has 1 amide bonds. The van der Waals surface area contributed by atoms with E-state index in [9.17, 15) is 4.79 Å². The molecule has 104 valence electrons. The van der Waals surface area contributed by atoms with Crippen molar-refractivity contribution in [3.05, 3.63) is 0 Å². The predicted molar refractivity (Wildman–Crippen MR) is 74.3 cm³/mol. The lowest BCUT2D eigenvalue weighted by Crippen LogP contribution is -2.42. The average Bonchev–Trinajstić information content (AvgIpc) is 2.51. The third-order valence-electron chi connectivity index (χ3n) is 3.19. The number of hydrogen-bond acceptors (Lipinski definition) is 3. The van der Waals surface area contributed by atoms with Crippen molar-refractivity contribution >= 4 is 6.41 Å². The summed E-state index contributed by atoms with van der Waals surface area (Å²) in [6.07, 6.45) is 16.2. The van der Waals surface area contributed by atoms with Gasteiger partial charge in [-0.2, -0.15) is 0 Å². The van der Waals surface area contributed by atoms with Crippen LogP contribution in [-0.2, 0) is 9.53 Å². The molecule has 2 rings (SSSR count). The lowest BCUT2D eigenvalue weighted by atomic mass is 9.98. The van der Waals surface area contributed by atoms with Crippen molar-refractivity contribution in [2.75, 3.05) is 33.3 Å². The van der Waals surface area contributed by atoms with Crippen molar-refractivity contribution in [2.45, 2.75) is 38.2 Å². The molecule has 2 fully saturated rings. The van der Waals surface area contributed by atoms with Gasteiger partial charge in [-0.1, -0.05) is 19.3 Å². The lowest BCUT2D eigenvalue weighted by Gasteiger charge is -2.22. The Morgan fingerprint density at radius 3 is 2.06 bits per heavy atom. The Kier molecular flexibility index (Phi) is 11.7. The Bertz CT molecular complexity index is 207.